The summed E-state index contributed by atoms with van der Waals surface area (Å²) in [5, 5.41) is 17.0. The third-order valence-electron chi connectivity index (χ3n) is 4.26. The molecule has 28 heavy (non-hydrogen) atoms. The van der Waals surface area contributed by atoms with Crippen molar-refractivity contribution in [2.24, 2.45) is 11.7 Å². The second kappa shape index (κ2) is 10.2. The Hall–Kier alpha value is -2.41. The van der Waals surface area contributed by atoms with Crippen LogP contribution in [0.4, 0.5) is 0 Å². The minimum absolute atomic E-state index is 0.265. The number of carbonyl (C=O) groups is 4. The van der Waals surface area contributed by atoms with Crippen LogP contribution >= 0.6 is 12.6 Å². The lowest BCUT2D eigenvalue weighted by Crippen LogP contribution is -2.48. The normalized spacial score (nSPS) is 20.6. The fourth-order valence-electron chi connectivity index (χ4n) is 2.81. The van der Waals surface area contributed by atoms with E-state index in [1.807, 2.05) is 0 Å². The second-order valence-electron chi connectivity index (χ2n) is 6.36. The summed E-state index contributed by atoms with van der Waals surface area (Å²) in [6.07, 6.45) is -1.20. The minimum atomic E-state index is -1.47. The van der Waals surface area contributed by atoms with Crippen LogP contribution in [0, 0.1) is 16.0 Å². The zero-order chi connectivity index (χ0) is 21.6. The summed E-state index contributed by atoms with van der Waals surface area (Å²) < 4.78 is 4.59. The zero-order valence-electron chi connectivity index (χ0n) is 15.3. The van der Waals surface area contributed by atoms with Gasteiger partial charge in [0.25, 0.3) is 5.09 Å². The van der Waals surface area contributed by atoms with Gasteiger partial charge in [0, 0.05) is 6.54 Å². The van der Waals surface area contributed by atoms with Crippen molar-refractivity contribution in [2.45, 2.75) is 56.7 Å². The largest absolute Gasteiger partial charge is 0.480 e. The number of thiol groups is 1. The van der Waals surface area contributed by atoms with E-state index in [2.05, 4.69) is 22.2 Å². The number of aliphatic carboxylic acids is 1. The van der Waals surface area contributed by atoms with Gasteiger partial charge in [-0.1, -0.05) is 6.92 Å². The molecule has 0 bridgehead atoms. The Balaban J connectivity index is 2.64. The Bertz CT molecular complexity index is 644. The van der Waals surface area contributed by atoms with Crippen molar-refractivity contribution in [3.63, 3.8) is 0 Å². The van der Waals surface area contributed by atoms with Gasteiger partial charge in [0.1, 0.15) is 6.04 Å². The summed E-state index contributed by atoms with van der Waals surface area (Å²) in [5.41, 5.74) is 5.67. The van der Waals surface area contributed by atoms with Gasteiger partial charge in [0.05, 0.1) is 23.6 Å². The van der Waals surface area contributed by atoms with Gasteiger partial charge in [-0.2, -0.15) is 12.6 Å². The van der Waals surface area contributed by atoms with Gasteiger partial charge in [-0.15, -0.1) is 10.1 Å². The number of esters is 1. The maximum absolute atomic E-state index is 12.5. The number of nitrogens with two attached hydrogens (primary N) is 1. The number of rotatable bonds is 10. The number of nitrogens with zero attached hydrogens (tertiary/aromatic N) is 2. The van der Waals surface area contributed by atoms with E-state index in [1.54, 1.807) is 0 Å². The van der Waals surface area contributed by atoms with Crippen LogP contribution in [0.15, 0.2) is 0 Å². The topological polar surface area (TPSA) is 179 Å². The number of hydrogen-bond acceptors (Lipinski definition) is 10. The number of carboxylic acids is 1. The molecule has 0 aliphatic carbocycles. The number of amides is 1. The van der Waals surface area contributed by atoms with Crippen molar-refractivity contribution in [3.8, 4) is 0 Å². The number of likely N-dealkylation sites (tertiary alicyclic amines) is 1. The van der Waals surface area contributed by atoms with E-state index in [0.717, 1.165) is 6.92 Å². The Morgan fingerprint density at radius 1 is 1.36 bits per heavy atom. The molecule has 0 radical (unpaired) electrons. The molecule has 1 saturated heterocycles. The van der Waals surface area contributed by atoms with Crippen LogP contribution in [0.5, 0.6) is 0 Å². The summed E-state index contributed by atoms with van der Waals surface area (Å²) in [4.78, 5) is 63.2. The van der Waals surface area contributed by atoms with E-state index in [9.17, 15) is 34.4 Å². The Morgan fingerprint density at radius 3 is 2.50 bits per heavy atom. The molecule has 3 N–H and O–H groups in total. The molecule has 2 unspecified atom stereocenters. The van der Waals surface area contributed by atoms with Gasteiger partial charge in [0.2, 0.25) is 12.2 Å². The lowest BCUT2D eigenvalue weighted by molar-refractivity contribution is -0.777. The highest BCUT2D eigenvalue weighted by Crippen LogP contribution is 2.23. The highest BCUT2D eigenvalue weighted by atomic mass is 32.1. The lowest BCUT2D eigenvalue weighted by Gasteiger charge is -2.28. The van der Waals surface area contributed by atoms with Gasteiger partial charge in [0.15, 0.2) is 5.78 Å². The third-order valence-corrected chi connectivity index (χ3v) is 4.96. The molecule has 1 rings (SSSR count). The molecule has 1 aliphatic heterocycles. The van der Waals surface area contributed by atoms with E-state index in [4.69, 9.17) is 5.73 Å². The maximum Gasteiger partial charge on any atom is 0.326 e. The number of carboxylic acid groups (broad SMARTS) is 1. The van der Waals surface area contributed by atoms with Gasteiger partial charge in [-0.25, -0.2) is 4.79 Å². The monoisotopic (exact) mass is 421 g/mol. The molecule has 0 aromatic rings. The fraction of sp³-hybridized carbons (Fsp3) is 0.733. The third kappa shape index (κ3) is 6.34. The van der Waals surface area contributed by atoms with Crippen molar-refractivity contribution < 1.29 is 38.9 Å². The first-order valence-electron chi connectivity index (χ1n) is 8.47. The molecule has 1 heterocycles. The highest BCUT2D eigenvalue weighted by Gasteiger charge is 2.39. The minimum Gasteiger partial charge on any atom is -0.480 e. The van der Waals surface area contributed by atoms with Crippen molar-refractivity contribution in [2.75, 3.05) is 6.54 Å². The molecule has 0 aromatic heterocycles. The Kier molecular flexibility index (Phi) is 8.63. The van der Waals surface area contributed by atoms with Crippen LogP contribution in [-0.2, 0) is 28.8 Å². The molecular weight excluding hydrogens is 398 g/mol. The molecule has 0 aromatic carbocycles. The summed E-state index contributed by atoms with van der Waals surface area (Å²) >= 11 is 4.12. The van der Waals surface area contributed by atoms with Crippen LogP contribution in [0.2, 0.25) is 0 Å². The first-order chi connectivity index (χ1) is 13.0. The van der Waals surface area contributed by atoms with Crippen molar-refractivity contribution in [1.29, 1.82) is 0 Å². The molecule has 0 saturated carbocycles. The number of ketones is 1. The number of carbonyl (C=O) groups excluding carboxylic acids is 3. The number of hydrogen-bond donors (Lipinski definition) is 3. The molecule has 0 spiro atoms. The fourth-order valence-corrected chi connectivity index (χ4v) is 3.12. The SMILES string of the molecule is CC(OC(=O)C[C@H](N)C(=O)C(S)[C@@H](C)C(=O)N1CCC[C@H]1C(=O)O)O[N+](=O)[O-]. The predicted octanol–water partition coefficient (Wildman–Crippen LogP) is -0.619. The van der Waals surface area contributed by atoms with Crippen LogP contribution in [0.3, 0.4) is 0 Å². The smallest absolute Gasteiger partial charge is 0.326 e. The van der Waals surface area contributed by atoms with E-state index < -0.39 is 64.7 Å². The van der Waals surface area contributed by atoms with Crippen molar-refractivity contribution in [3.05, 3.63) is 10.1 Å². The van der Waals surface area contributed by atoms with Gasteiger partial charge >= 0.3 is 11.9 Å². The first kappa shape index (κ1) is 23.6. The molecule has 158 valence electrons. The molecular formula is C15H23N3O9S. The second-order valence-corrected chi connectivity index (χ2v) is 6.92. The average Bonchev–Trinajstić information content (AvgIpc) is 3.07. The zero-order valence-corrected chi connectivity index (χ0v) is 16.2. The van der Waals surface area contributed by atoms with E-state index in [-0.39, 0.29) is 6.54 Å². The van der Waals surface area contributed by atoms with Crippen LogP contribution in [0.1, 0.15) is 33.1 Å². The summed E-state index contributed by atoms with van der Waals surface area (Å²) in [6, 6.07) is -2.31. The Morgan fingerprint density at radius 2 is 1.96 bits per heavy atom. The first-order valence-corrected chi connectivity index (χ1v) is 8.98. The van der Waals surface area contributed by atoms with Gasteiger partial charge < -0.3 is 20.5 Å². The van der Waals surface area contributed by atoms with Crippen LogP contribution in [-0.4, -0.2) is 68.9 Å². The van der Waals surface area contributed by atoms with Crippen LogP contribution in [0.25, 0.3) is 0 Å². The molecule has 1 aliphatic rings. The van der Waals surface area contributed by atoms with Crippen molar-refractivity contribution >= 4 is 36.3 Å². The molecule has 12 nitrogen and oxygen atoms in total. The highest BCUT2D eigenvalue weighted by molar-refractivity contribution is 7.81. The summed E-state index contributed by atoms with van der Waals surface area (Å²) in [5.74, 6) is -4.34. The summed E-state index contributed by atoms with van der Waals surface area (Å²) in [7, 11) is 0. The molecule has 1 fully saturated rings. The standard InChI is InChI=1S/C15H23N3O9S/c1-7(14(21)17-5-3-4-10(17)15(22)23)13(28)12(20)9(16)6-11(19)26-8(2)27-18(24)25/h7-10,13,28H,3-6,16H2,1-2H3,(H,22,23)/t7-,8?,9+,10+,13?/m1/s1. The molecule has 13 heteroatoms. The van der Waals surface area contributed by atoms with E-state index in [0.29, 0.717) is 12.8 Å². The van der Waals surface area contributed by atoms with Gasteiger partial charge in [-0.05, 0) is 19.8 Å². The predicted molar refractivity (Wildman–Crippen MR) is 95.5 cm³/mol. The van der Waals surface area contributed by atoms with Crippen molar-refractivity contribution in [1.82, 2.24) is 4.90 Å². The number of Topliss-reactive ketones (excluding diaryl/α,β-unsaturated/α-hetero) is 1. The van der Waals surface area contributed by atoms with Crippen LogP contribution < -0.4 is 5.73 Å². The van der Waals surface area contributed by atoms with E-state index in [1.165, 1.54) is 11.8 Å². The summed E-state index contributed by atoms with van der Waals surface area (Å²) in [6.45, 7) is 2.81. The average molecular weight is 421 g/mol. The number of ether oxygens (including phenoxy) is 1. The molecule has 1 amide bonds. The maximum atomic E-state index is 12.5. The van der Waals surface area contributed by atoms with Gasteiger partial charge in [-0.3, -0.25) is 19.2 Å². The quantitative estimate of drug-likeness (QED) is 0.135. The Labute approximate surface area is 165 Å². The van der Waals surface area contributed by atoms with E-state index >= 15 is 0 Å². The lowest BCUT2D eigenvalue weighted by atomic mass is 9.96. The molecule has 5 atom stereocenters.